The Balaban J connectivity index is 1.82. The van der Waals surface area contributed by atoms with Crippen LogP contribution in [0.1, 0.15) is 32.6 Å². The second-order valence-corrected chi connectivity index (χ2v) is 6.17. The van der Waals surface area contributed by atoms with E-state index in [4.69, 9.17) is 0 Å². The van der Waals surface area contributed by atoms with E-state index in [2.05, 4.69) is 38.2 Å². The first kappa shape index (κ1) is 16.0. The van der Waals surface area contributed by atoms with Gasteiger partial charge in [-0.25, -0.2) is 0 Å². The quantitative estimate of drug-likeness (QED) is 0.636. The van der Waals surface area contributed by atoms with E-state index in [9.17, 15) is 4.79 Å². The third kappa shape index (κ3) is 3.38. The Bertz CT molecular complexity index is 841. The lowest BCUT2D eigenvalue weighted by Gasteiger charge is -2.14. The topological polar surface area (TPSA) is 29.1 Å². The highest BCUT2D eigenvalue weighted by molar-refractivity contribution is 6.09. The lowest BCUT2D eigenvalue weighted by molar-refractivity contribution is 0.103. The molecule has 2 nitrogen and oxygen atoms in total. The third-order valence-electron chi connectivity index (χ3n) is 4.13. The van der Waals surface area contributed by atoms with Crippen LogP contribution in [0.25, 0.3) is 0 Å². The van der Waals surface area contributed by atoms with Gasteiger partial charge in [-0.1, -0.05) is 48.0 Å². The molecule has 3 aromatic carbocycles. The molecule has 0 saturated carbocycles. The lowest BCUT2D eigenvalue weighted by Crippen LogP contribution is -2.01. The Morgan fingerprint density at radius 3 is 1.88 bits per heavy atom. The molecule has 120 valence electrons. The first-order valence-electron chi connectivity index (χ1n) is 8.09. The minimum atomic E-state index is 0.0462. The molecule has 0 aromatic heterocycles. The average molecular weight is 315 g/mol. The minimum Gasteiger partial charge on any atom is -0.355 e. The number of hydrogen-bond acceptors (Lipinski definition) is 2. The zero-order valence-corrected chi connectivity index (χ0v) is 14.3. The van der Waals surface area contributed by atoms with E-state index in [1.807, 2.05) is 54.6 Å². The number of nitrogens with one attached hydrogen (secondary N) is 1. The van der Waals surface area contributed by atoms with Gasteiger partial charge in [0, 0.05) is 22.5 Å². The molecule has 0 bridgehead atoms. The van der Waals surface area contributed by atoms with Crippen LogP contribution in [0.2, 0.25) is 0 Å². The van der Waals surface area contributed by atoms with Crippen LogP contribution in [-0.2, 0) is 0 Å². The van der Waals surface area contributed by atoms with Crippen molar-refractivity contribution in [2.24, 2.45) is 0 Å². The summed E-state index contributed by atoms with van der Waals surface area (Å²) < 4.78 is 0. The van der Waals surface area contributed by atoms with Gasteiger partial charge in [-0.05, 0) is 56.2 Å². The summed E-state index contributed by atoms with van der Waals surface area (Å²) in [6.45, 7) is 6.32. The summed E-state index contributed by atoms with van der Waals surface area (Å²) >= 11 is 0. The van der Waals surface area contributed by atoms with Gasteiger partial charge in [-0.2, -0.15) is 0 Å². The number of aryl methyl sites for hydroxylation is 3. The van der Waals surface area contributed by atoms with Gasteiger partial charge < -0.3 is 5.32 Å². The van der Waals surface area contributed by atoms with Gasteiger partial charge in [-0.3, -0.25) is 4.79 Å². The number of ketones is 1. The molecule has 24 heavy (non-hydrogen) atoms. The van der Waals surface area contributed by atoms with Crippen molar-refractivity contribution in [1.82, 2.24) is 0 Å². The Morgan fingerprint density at radius 2 is 1.29 bits per heavy atom. The summed E-state index contributed by atoms with van der Waals surface area (Å²) in [6.07, 6.45) is 0. The number of hydrogen-bond donors (Lipinski definition) is 1. The van der Waals surface area contributed by atoms with Crippen LogP contribution in [-0.4, -0.2) is 5.78 Å². The summed E-state index contributed by atoms with van der Waals surface area (Å²) in [5, 5.41) is 3.46. The van der Waals surface area contributed by atoms with Crippen LogP contribution in [0, 0.1) is 20.8 Å². The molecule has 0 atom stereocenters. The van der Waals surface area contributed by atoms with E-state index in [0.717, 1.165) is 11.4 Å². The van der Waals surface area contributed by atoms with E-state index in [1.165, 1.54) is 16.7 Å². The third-order valence-corrected chi connectivity index (χ3v) is 4.13. The molecular weight excluding hydrogens is 294 g/mol. The minimum absolute atomic E-state index is 0.0462. The number of carbonyl (C=O) groups excluding carboxylic acids is 1. The van der Waals surface area contributed by atoms with E-state index >= 15 is 0 Å². The summed E-state index contributed by atoms with van der Waals surface area (Å²) in [6, 6.07) is 21.3. The van der Waals surface area contributed by atoms with E-state index < -0.39 is 0 Å². The predicted molar refractivity (Wildman–Crippen MR) is 100 cm³/mol. The molecule has 3 aromatic rings. The lowest BCUT2D eigenvalue weighted by atomic mass is 10.0. The van der Waals surface area contributed by atoms with Crippen LogP contribution < -0.4 is 5.32 Å². The Morgan fingerprint density at radius 1 is 0.750 bits per heavy atom. The van der Waals surface area contributed by atoms with E-state index in [0.29, 0.717) is 11.1 Å². The fraction of sp³-hybridized carbons (Fsp3) is 0.136. The molecule has 2 heteroatoms. The van der Waals surface area contributed by atoms with Gasteiger partial charge in [0.1, 0.15) is 0 Å². The normalized spacial score (nSPS) is 10.5. The standard InChI is InChI=1S/C22H21NO/c1-15-13-16(2)21(17(3)14-15)23-20-11-9-19(10-12-20)22(24)18-7-5-4-6-8-18/h4-14,23H,1-3H3. The summed E-state index contributed by atoms with van der Waals surface area (Å²) in [5.41, 5.74) is 7.22. The molecule has 0 heterocycles. The van der Waals surface area contributed by atoms with Gasteiger partial charge in [0.15, 0.2) is 5.78 Å². The van der Waals surface area contributed by atoms with Crippen molar-refractivity contribution >= 4 is 17.2 Å². The second-order valence-electron chi connectivity index (χ2n) is 6.17. The van der Waals surface area contributed by atoms with Crippen molar-refractivity contribution in [1.29, 1.82) is 0 Å². The second kappa shape index (κ2) is 6.71. The molecule has 0 spiro atoms. The monoisotopic (exact) mass is 315 g/mol. The number of benzene rings is 3. The van der Waals surface area contributed by atoms with E-state index in [-0.39, 0.29) is 5.78 Å². The van der Waals surface area contributed by atoms with Crippen molar-refractivity contribution in [2.75, 3.05) is 5.32 Å². The molecule has 0 aliphatic rings. The fourth-order valence-corrected chi connectivity index (χ4v) is 2.98. The molecule has 1 N–H and O–H groups in total. The Labute approximate surface area is 143 Å². The van der Waals surface area contributed by atoms with E-state index in [1.54, 1.807) is 0 Å². The summed E-state index contributed by atoms with van der Waals surface area (Å²) in [5.74, 6) is 0.0462. The number of rotatable bonds is 4. The maximum Gasteiger partial charge on any atom is 0.193 e. The van der Waals surface area contributed by atoms with Crippen molar-refractivity contribution in [3.8, 4) is 0 Å². The molecule has 0 saturated heterocycles. The zero-order chi connectivity index (χ0) is 17.1. The summed E-state index contributed by atoms with van der Waals surface area (Å²) in [7, 11) is 0. The van der Waals surface area contributed by atoms with Gasteiger partial charge in [0.2, 0.25) is 0 Å². The Hall–Kier alpha value is -2.87. The number of anilines is 2. The van der Waals surface area contributed by atoms with Crippen molar-refractivity contribution in [3.05, 3.63) is 94.5 Å². The zero-order valence-electron chi connectivity index (χ0n) is 14.3. The summed E-state index contributed by atoms with van der Waals surface area (Å²) in [4.78, 5) is 12.4. The Kier molecular flexibility index (Phi) is 4.48. The smallest absolute Gasteiger partial charge is 0.193 e. The highest BCUT2D eigenvalue weighted by Crippen LogP contribution is 2.26. The molecule has 0 fully saturated rings. The van der Waals surface area contributed by atoms with Crippen LogP contribution in [0.4, 0.5) is 11.4 Å². The van der Waals surface area contributed by atoms with Gasteiger partial charge >= 0.3 is 0 Å². The van der Waals surface area contributed by atoms with Gasteiger partial charge in [0.05, 0.1) is 0 Å². The highest BCUT2D eigenvalue weighted by atomic mass is 16.1. The predicted octanol–water partition coefficient (Wildman–Crippen LogP) is 5.59. The molecule has 0 radical (unpaired) electrons. The largest absolute Gasteiger partial charge is 0.355 e. The first-order valence-corrected chi connectivity index (χ1v) is 8.09. The van der Waals surface area contributed by atoms with Crippen LogP contribution in [0.3, 0.4) is 0 Å². The number of carbonyl (C=O) groups is 1. The van der Waals surface area contributed by atoms with Crippen LogP contribution in [0.5, 0.6) is 0 Å². The molecular formula is C22H21NO. The molecule has 3 rings (SSSR count). The van der Waals surface area contributed by atoms with Crippen LogP contribution >= 0.6 is 0 Å². The molecule has 0 aliphatic heterocycles. The SMILES string of the molecule is Cc1cc(C)c(Nc2ccc(C(=O)c3ccccc3)cc2)c(C)c1. The maximum atomic E-state index is 12.4. The molecule has 0 aliphatic carbocycles. The van der Waals surface area contributed by atoms with Gasteiger partial charge in [0.25, 0.3) is 0 Å². The van der Waals surface area contributed by atoms with Crippen molar-refractivity contribution < 1.29 is 4.79 Å². The highest BCUT2D eigenvalue weighted by Gasteiger charge is 2.09. The molecule has 0 amide bonds. The van der Waals surface area contributed by atoms with Crippen LogP contribution in [0.15, 0.2) is 66.7 Å². The molecule has 0 unspecified atom stereocenters. The van der Waals surface area contributed by atoms with Crippen molar-refractivity contribution in [3.63, 3.8) is 0 Å². The van der Waals surface area contributed by atoms with Crippen molar-refractivity contribution in [2.45, 2.75) is 20.8 Å². The average Bonchev–Trinajstić information content (AvgIpc) is 2.59. The first-order chi connectivity index (χ1) is 11.5. The fourth-order valence-electron chi connectivity index (χ4n) is 2.98. The van der Waals surface area contributed by atoms with Gasteiger partial charge in [-0.15, -0.1) is 0 Å². The maximum absolute atomic E-state index is 12.4.